The molecule has 0 N–H and O–H groups in total. The molecule has 36 heavy (non-hydrogen) atoms. The van der Waals surface area contributed by atoms with Crippen molar-refractivity contribution in [2.45, 2.75) is 107 Å². The van der Waals surface area contributed by atoms with Crippen molar-refractivity contribution in [3.8, 4) is 0 Å². The molecule has 0 aromatic heterocycles. The van der Waals surface area contributed by atoms with Crippen LogP contribution in [0.2, 0.25) is 0 Å². The van der Waals surface area contributed by atoms with Gasteiger partial charge in [-0.25, -0.2) is 0 Å². The second-order valence-corrected chi connectivity index (χ2v) is 11.9. The van der Waals surface area contributed by atoms with Crippen molar-refractivity contribution >= 4 is 46.3 Å². The first-order valence-electron chi connectivity index (χ1n) is 12.5. The molecule has 0 atom stereocenters. The van der Waals surface area contributed by atoms with Gasteiger partial charge in [0, 0.05) is 51.4 Å². The van der Waals surface area contributed by atoms with Crippen LogP contribution in [-0.2, 0) is 38.4 Å². The minimum atomic E-state index is -1.44. The highest BCUT2D eigenvalue weighted by Gasteiger charge is 2.42. The second kappa shape index (κ2) is 11.2. The Labute approximate surface area is 213 Å². The van der Waals surface area contributed by atoms with Gasteiger partial charge in [0.1, 0.15) is 46.3 Å². The Kier molecular flexibility index (Phi) is 9.75. The molecule has 0 radical (unpaired) electrons. The summed E-state index contributed by atoms with van der Waals surface area (Å²) < 4.78 is 0. The van der Waals surface area contributed by atoms with Gasteiger partial charge in [0.2, 0.25) is 0 Å². The molecular formula is C28H40O8. The van der Waals surface area contributed by atoms with Gasteiger partial charge in [-0.3, -0.25) is 38.4 Å². The summed E-state index contributed by atoms with van der Waals surface area (Å²) in [7, 11) is 0. The molecule has 8 heteroatoms. The Morgan fingerprint density at radius 2 is 0.361 bits per heavy atom. The highest BCUT2D eigenvalue weighted by molar-refractivity contribution is 6.13. The molecule has 0 aromatic rings. The van der Waals surface area contributed by atoms with Gasteiger partial charge in [0.25, 0.3) is 0 Å². The summed E-state index contributed by atoms with van der Waals surface area (Å²) in [6.45, 7) is 11.5. The van der Waals surface area contributed by atoms with Crippen molar-refractivity contribution in [3.05, 3.63) is 0 Å². The SMILES string of the molecule is CC1(C)C(=O)CCC(=O)C(C)(C)C(=O)CCC(=O)C(C)(C)C(=O)CCC(=O)C(C)(C)C(=O)CCC1=O. The van der Waals surface area contributed by atoms with Gasteiger partial charge in [-0.05, 0) is 55.4 Å². The quantitative estimate of drug-likeness (QED) is 0.455. The lowest BCUT2D eigenvalue weighted by molar-refractivity contribution is -0.145. The van der Waals surface area contributed by atoms with Crippen molar-refractivity contribution in [2.24, 2.45) is 21.7 Å². The Bertz CT molecular complexity index is 759. The fourth-order valence-electron chi connectivity index (χ4n) is 4.03. The molecule has 0 saturated heterocycles. The Morgan fingerprint density at radius 1 is 0.278 bits per heavy atom. The topological polar surface area (TPSA) is 137 Å². The maximum absolute atomic E-state index is 12.8. The van der Waals surface area contributed by atoms with Crippen LogP contribution in [0.1, 0.15) is 107 Å². The summed E-state index contributed by atoms with van der Waals surface area (Å²) in [5, 5.41) is 0. The summed E-state index contributed by atoms with van der Waals surface area (Å²) in [6.07, 6.45) is -1.95. The van der Waals surface area contributed by atoms with Gasteiger partial charge in [-0.15, -0.1) is 0 Å². The van der Waals surface area contributed by atoms with Crippen molar-refractivity contribution < 1.29 is 38.4 Å². The van der Waals surface area contributed by atoms with E-state index in [4.69, 9.17) is 0 Å². The van der Waals surface area contributed by atoms with Crippen LogP contribution in [0.25, 0.3) is 0 Å². The lowest BCUT2D eigenvalue weighted by atomic mass is 9.73. The number of hydrogen-bond acceptors (Lipinski definition) is 8. The van der Waals surface area contributed by atoms with Gasteiger partial charge >= 0.3 is 0 Å². The first kappa shape index (κ1) is 31.4. The van der Waals surface area contributed by atoms with Crippen LogP contribution in [0.5, 0.6) is 0 Å². The third-order valence-corrected chi connectivity index (χ3v) is 7.89. The molecule has 1 saturated carbocycles. The van der Waals surface area contributed by atoms with E-state index in [2.05, 4.69) is 0 Å². The Hall–Kier alpha value is -2.64. The first-order valence-corrected chi connectivity index (χ1v) is 12.5. The molecular weight excluding hydrogens is 464 g/mol. The average Bonchev–Trinajstić information content (AvgIpc) is 2.80. The van der Waals surface area contributed by atoms with Crippen LogP contribution in [-0.4, -0.2) is 46.3 Å². The average molecular weight is 505 g/mol. The maximum atomic E-state index is 12.8. The van der Waals surface area contributed by atoms with Gasteiger partial charge in [0.15, 0.2) is 0 Å². The number of carbonyl (C=O) groups excluding carboxylic acids is 8. The van der Waals surface area contributed by atoms with Crippen LogP contribution in [0.15, 0.2) is 0 Å². The summed E-state index contributed by atoms with van der Waals surface area (Å²) in [5.74, 6) is -3.80. The fourth-order valence-corrected chi connectivity index (χ4v) is 4.03. The van der Waals surface area contributed by atoms with Crippen LogP contribution >= 0.6 is 0 Å². The smallest absolute Gasteiger partial charge is 0.146 e. The van der Waals surface area contributed by atoms with Gasteiger partial charge in [-0.2, -0.15) is 0 Å². The monoisotopic (exact) mass is 504 g/mol. The van der Waals surface area contributed by atoms with Crippen molar-refractivity contribution in [1.82, 2.24) is 0 Å². The normalized spacial score (nSPS) is 25.1. The summed E-state index contributed by atoms with van der Waals surface area (Å²) in [4.78, 5) is 102. The molecule has 0 aromatic carbocycles. The summed E-state index contributed by atoms with van der Waals surface area (Å²) >= 11 is 0. The van der Waals surface area contributed by atoms with Crippen molar-refractivity contribution in [3.63, 3.8) is 0 Å². The minimum absolute atomic E-state index is 0.243. The lowest BCUT2D eigenvalue weighted by Crippen LogP contribution is -2.39. The molecule has 0 amide bonds. The van der Waals surface area contributed by atoms with E-state index in [0.717, 1.165) is 0 Å². The molecule has 200 valence electrons. The van der Waals surface area contributed by atoms with E-state index in [0.29, 0.717) is 0 Å². The van der Waals surface area contributed by atoms with Crippen molar-refractivity contribution in [2.75, 3.05) is 0 Å². The number of rotatable bonds is 0. The standard InChI is InChI=1S/C28H40O8/c1-25(2)17(29)9-11-19(31)26(3,4)21(33)13-15-23(35)28(7,8)24(36)16-14-22(34)27(5,6)20(32)12-10-18(25)30/h9-16H2,1-8H3. The predicted molar refractivity (Wildman–Crippen MR) is 132 cm³/mol. The van der Waals surface area contributed by atoms with E-state index < -0.39 is 67.9 Å². The lowest BCUT2D eigenvalue weighted by Gasteiger charge is -2.27. The second-order valence-electron chi connectivity index (χ2n) is 11.9. The zero-order valence-corrected chi connectivity index (χ0v) is 22.9. The van der Waals surface area contributed by atoms with Crippen LogP contribution in [0.4, 0.5) is 0 Å². The third kappa shape index (κ3) is 6.77. The molecule has 0 unspecified atom stereocenters. The van der Waals surface area contributed by atoms with Crippen LogP contribution < -0.4 is 0 Å². The summed E-state index contributed by atoms with van der Waals surface area (Å²) in [5.41, 5.74) is -5.75. The Balaban J connectivity index is 3.29. The molecule has 0 bridgehead atoms. The van der Waals surface area contributed by atoms with Crippen molar-refractivity contribution in [1.29, 1.82) is 0 Å². The summed E-state index contributed by atoms with van der Waals surface area (Å²) in [6, 6.07) is 0. The highest BCUT2D eigenvalue weighted by atomic mass is 16.2. The number of carbonyl (C=O) groups is 8. The first-order chi connectivity index (χ1) is 16.2. The molecule has 0 aliphatic heterocycles. The van der Waals surface area contributed by atoms with E-state index in [1.807, 2.05) is 0 Å². The fraction of sp³-hybridized carbons (Fsp3) is 0.714. The van der Waals surface area contributed by atoms with Crippen LogP contribution in [0.3, 0.4) is 0 Å². The molecule has 8 nitrogen and oxygen atoms in total. The molecule has 1 aliphatic carbocycles. The molecule has 1 rings (SSSR count). The zero-order chi connectivity index (χ0) is 28.3. The highest BCUT2D eigenvalue weighted by Crippen LogP contribution is 2.31. The van der Waals surface area contributed by atoms with Gasteiger partial charge in [-0.1, -0.05) is 0 Å². The van der Waals surface area contributed by atoms with E-state index in [-0.39, 0.29) is 51.4 Å². The maximum Gasteiger partial charge on any atom is 0.146 e. The van der Waals surface area contributed by atoms with E-state index in [9.17, 15) is 38.4 Å². The molecule has 1 aliphatic rings. The number of Topliss-reactive ketones (excluding diaryl/α,β-unsaturated/α-hetero) is 8. The van der Waals surface area contributed by atoms with Gasteiger partial charge in [0.05, 0.1) is 21.7 Å². The number of hydrogen-bond donors (Lipinski definition) is 0. The van der Waals surface area contributed by atoms with Crippen LogP contribution in [0, 0.1) is 21.7 Å². The van der Waals surface area contributed by atoms with Gasteiger partial charge < -0.3 is 0 Å². The van der Waals surface area contributed by atoms with E-state index in [1.165, 1.54) is 55.4 Å². The molecule has 1 fully saturated rings. The van der Waals surface area contributed by atoms with E-state index >= 15 is 0 Å². The molecule has 0 spiro atoms. The number of ketones is 8. The zero-order valence-electron chi connectivity index (χ0n) is 22.9. The third-order valence-electron chi connectivity index (χ3n) is 7.89. The minimum Gasteiger partial charge on any atom is -0.299 e. The van der Waals surface area contributed by atoms with E-state index in [1.54, 1.807) is 0 Å². The molecule has 0 heterocycles. The Morgan fingerprint density at radius 3 is 0.444 bits per heavy atom. The predicted octanol–water partition coefficient (Wildman–Crippen LogP) is 3.78. The largest absolute Gasteiger partial charge is 0.299 e.